The number of carbonyl (C=O) groups excluding carboxylic acids is 1. The van der Waals surface area contributed by atoms with Gasteiger partial charge >= 0.3 is 6.18 Å². The van der Waals surface area contributed by atoms with Gasteiger partial charge in [0.15, 0.2) is 0 Å². The minimum atomic E-state index is -4.67. The van der Waals surface area contributed by atoms with Crippen LogP contribution in [-0.2, 0) is 11.0 Å². The zero-order valence-electron chi connectivity index (χ0n) is 12.1. The number of halogens is 4. The summed E-state index contributed by atoms with van der Waals surface area (Å²) in [6, 6.07) is -0.561. The molecule has 1 atom stereocenters. The second kappa shape index (κ2) is 7.15. The first-order valence-corrected chi connectivity index (χ1v) is 6.94. The SMILES string of the molecule is CC(C)C(C(=O)NCCN)n1cc(C(F)(F)F)cc(Cl)c1=O. The zero-order valence-corrected chi connectivity index (χ0v) is 12.8. The van der Waals surface area contributed by atoms with E-state index in [9.17, 15) is 22.8 Å². The fraction of sp³-hybridized carbons (Fsp3) is 0.538. The summed E-state index contributed by atoms with van der Waals surface area (Å²) in [6.07, 6.45) is -4.06. The van der Waals surface area contributed by atoms with Crippen molar-refractivity contribution in [1.82, 2.24) is 9.88 Å². The van der Waals surface area contributed by atoms with Crippen molar-refractivity contribution in [3.05, 3.63) is 33.2 Å². The number of aromatic nitrogens is 1. The number of rotatable bonds is 5. The van der Waals surface area contributed by atoms with E-state index in [2.05, 4.69) is 5.32 Å². The molecule has 1 amide bonds. The summed E-state index contributed by atoms with van der Waals surface area (Å²) >= 11 is 5.60. The number of hydrogen-bond donors (Lipinski definition) is 2. The predicted octanol–water partition coefficient (Wildman–Crippen LogP) is 1.79. The van der Waals surface area contributed by atoms with Gasteiger partial charge < -0.3 is 15.6 Å². The number of nitrogens with two attached hydrogens (primary N) is 1. The van der Waals surface area contributed by atoms with Crippen LogP contribution < -0.4 is 16.6 Å². The van der Waals surface area contributed by atoms with Gasteiger partial charge in [-0.25, -0.2) is 0 Å². The minimum absolute atomic E-state index is 0.156. The topological polar surface area (TPSA) is 77.1 Å². The lowest BCUT2D eigenvalue weighted by Crippen LogP contribution is -2.41. The molecule has 0 aliphatic rings. The Kier molecular flexibility index (Phi) is 6.01. The van der Waals surface area contributed by atoms with E-state index in [-0.39, 0.29) is 13.1 Å². The van der Waals surface area contributed by atoms with E-state index in [0.717, 1.165) is 4.57 Å². The lowest BCUT2D eigenvalue weighted by molar-refractivity contribution is -0.138. The first kappa shape index (κ1) is 18.5. The molecule has 3 N–H and O–H groups in total. The molecular formula is C13H17ClF3N3O2. The van der Waals surface area contributed by atoms with Crippen LogP contribution in [0.25, 0.3) is 0 Å². The number of carbonyl (C=O) groups is 1. The maximum atomic E-state index is 12.9. The zero-order chi connectivity index (χ0) is 17.1. The molecule has 0 bridgehead atoms. The Morgan fingerprint density at radius 1 is 1.45 bits per heavy atom. The molecule has 1 rings (SSSR count). The summed E-state index contributed by atoms with van der Waals surface area (Å²) in [5.41, 5.74) is 3.33. The molecule has 9 heteroatoms. The molecule has 0 aliphatic carbocycles. The first-order chi connectivity index (χ1) is 10.1. The standard InChI is InChI=1S/C13H17ClF3N3O2/c1-7(2)10(11(21)19-4-3-18)20-6-8(13(15,16)17)5-9(14)12(20)22/h5-7,10H,3-4,18H2,1-2H3,(H,19,21). The van der Waals surface area contributed by atoms with Crippen LogP contribution in [0.5, 0.6) is 0 Å². The van der Waals surface area contributed by atoms with Gasteiger partial charge in [-0.3, -0.25) is 9.59 Å². The molecular weight excluding hydrogens is 323 g/mol. The van der Waals surface area contributed by atoms with Gasteiger partial charge in [0.25, 0.3) is 5.56 Å². The van der Waals surface area contributed by atoms with Crippen molar-refractivity contribution in [1.29, 1.82) is 0 Å². The molecule has 1 heterocycles. The fourth-order valence-corrected chi connectivity index (χ4v) is 2.19. The fourth-order valence-electron chi connectivity index (χ4n) is 1.98. The quantitative estimate of drug-likeness (QED) is 0.858. The van der Waals surface area contributed by atoms with E-state index in [1.807, 2.05) is 0 Å². The molecule has 0 aromatic carbocycles. The number of nitrogens with one attached hydrogen (secondary N) is 1. The Balaban J connectivity index is 3.39. The molecule has 0 saturated heterocycles. The van der Waals surface area contributed by atoms with Crippen LogP contribution in [0.2, 0.25) is 5.02 Å². The van der Waals surface area contributed by atoms with Gasteiger partial charge in [-0.15, -0.1) is 0 Å². The minimum Gasteiger partial charge on any atom is -0.353 e. The molecule has 124 valence electrons. The van der Waals surface area contributed by atoms with Crippen LogP contribution in [0.1, 0.15) is 25.5 Å². The largest absolute Gasteiger partial charge is 0.417 e. The molecule has 1 aromatic rings. The van der Waals surface area contributed by atoms with Crippen molar-refractivity contribution in [3.8, 4) is 0 Å². The summed E-state index contributed by atoms with van der Waals surface area (Å²) in [6.45, 7) is 3.57. The number of pyridine rings is 1. The number of amides is 1. The highest BCUT2D eigenvalue weighted by atomic mass is 35.5. The van der Waals surface area contributed by atoms with Crippen molar-refractivity contribution in [2.75, 3.05) is 13.1 Å². The van der Waals surface area contributed by atoms with Crippen molar-refractivity contribution >= 4 is 17.5 Å². The van der Waals surface area contributed by atoms with Crippen LogP contribution in [0.15, 0.2) is 17.1 Å². The second-order valence-corrected chi connectivity index (χ2v) is 5.46. The molecule has 0 aliphatic heterocycles. The van der Waals surface area contributed by atoms with Gasteiger partial charge in [-0.1, -0.05) is 25.4 Å². The maximum absolute atomic E-state index is 12.9. The van der Waals surface area contributed by atoms with E-state index < -0.39 is 40.2 Å². The summed E-state index contributed by atoms with van der Waals surface area (Å²) in [5, 5.41) is 1.88. The number of alkyl halides is 3. The summed E-state index contributed by atoms with van der Waals surface area (Å²) < 4.78 is 39.3. The number of hydrogen-bond acceptors (Lipinski definition) is 3. The normalized spacial score (nSPS) is 13.3. The van der Waals surface area contributed by atoms with Crippen LogP contribution in [-0.4, -0.2) is 23.6 Å². The molecule has 1 aromatic heterocycles. The highest BCUT2D eigenvalue weighted by Crippen LogP contribution is 2.31. The highest BCUT2D eigenvalue weighted by molar-refractivity contribution is 6.30. The van der Waals surface area contributed by atoms with E-state index in [4.69, 9.17) is 17.3 Å². The van der Waals surface area contributed by atoms with Gasteiger partial charge in [0.1, 0.15) is 11.1 Å². The van der Waals surface area contributed by atoms with E-state index in [1.54, 1.807) is 13.8 Å². The van der Waals surface area contributed by atoms with E-state index >= 15 is 0 Å². The third kappa shape index (κ3) is 4.23. The van der Waals surface area contributed by atoms with Crippen LogP contribution in [0.4, 0.5) is 13.2 Å². The average Bonchev–Trinajstić information content (AvgIpc) is 2.39. The summed E-state index contributed by atoms with van der Waals surface area (Å²) in [4.78, 5) is 24.1. The lowest BCUT2D eigenvalue weighted by Gasteiger charge is -2.24. The second-order valence-electron chi connectivity index (χ2n) is 5.06. The van der Waals surface area contributed by atoms with Crippen LogP contribution in [0, 0.1) is 5.92 Å². The average molecular weight is 340 g/mol. The Morgan fingerprint density at radius 2 is 2.05 bits per heavy atom. The van der Waals surface area contributed by atoms with Crippen LogP contribution in [0.3, 0.4) is 0 Å². The van der Waals surface area contributed by atoms with E-state index in [1.165, 1.54) is 0 Å². The third-order valence-corrected chi connectivity index (χ3v) is 3.24. The third-order valence-electron chi connectivity index (χ3n) is 2.97. The van der Waals surface area contributed by atoms with E-state index in [0.29, 0.717) is 12.3 Å². The lowest BCUT2D eigenvalue weighted by atomic mass is 10.0. The smallest absolute Gasteiger partial charge is 0.353 e. The predicted molar refractivity (Wildman–Crippen MR) is 76.7 cm³/mol. The Morgan fingerprint density at radius 3 is 2.50 bits per heavy atom. The van der Waals surface area contributed by atoms with Gasteiger partial charge in [0.2, 0.25) is 5.91 Å². The maximum Gasteiger partial charge on any atom is 0.417 e. The Labute approximate surface area is 130 Å². The Bertz CT molecular complexity index is 599. The van der Waals surface area contributed by atoms with Gasteiger partial charge in [-0.05, 0) is 12.0 Å². The molecule has 0 fully saturated rings. The molecule has 22 heavy (non-hydrogen) atoms. The molecule has 0 radical (unpaired) electrons. The van der Waals surface area contributed by atoms with Gasteiger partial charge in [0, 0.05) is 19.3 Å². The monoisotopic (exact) mass is 339 g/mol. The number of nitrogens with zero attached hydrogens (tertiary/aromatic N) is 1. The molecule has 0 saturated carbocycles. The highest BCUT2D eigenvalue weighted by Gasteiger charge is 2.34. The molecule has 5 nitrogen and oxygen atoms in total. The van der Waals surface area contributed by atoms with Crippen molar-refractivity contribution in [3.63, 3.8) is 0 Å². The van der Waals surface area contributed by atoms with Gasteiger partial charge in [0.05, 0.1) is 5.56 Å². The van der Waals surface area contributed by atoms with Crippen molar-refractivity contribution < 1.29 is 18.0 Å². The summed E-state index contributed by atoms with van der Waals surface area (Å²) in [7, 11) is 0. The van der Waals surface area contributed by atoms with Crippen molar-refractivity contribution in [2.24, 2.45) is 11.7 Å². The summed E-state index contributed by atoms with van der Waals surface area (Å²) in [5.74, 6) is -1.01. The van der Waals surface area contributed by atoms with Crippen LogP contribution >= 0.6 is 11.6 Å². The molecule has 1 unspecified atom stereocenters. The van der Waals surface area contributed by atoms with Crippen molar-refractivity contribution in [2.45, 2.75) is 26.1 Å². The Hall–Kier alpha value is -1.54. The molecule has 0 spiro atoms. The van der Waals surface area contributed by atoms with Gasteiger partial charge in [-0.2, -0.15) is 13.2 Å². The first-order valence-electron chi connectivity index (χ1n) is 6.56.